The quantitative estimate of drug-likeness (QED) is 0.797. The minimum Gasteiger partial charge on any atom is -0.344 e. The van der Waals surface area contributed by atoms with Gasteiger partial charge in [0, 0.05) is 28.2 Å². The van der Waals surface area contributed by atoms with Gasteiger partial charge in [-0.15, -0.1) is 0 Å². The van der Waals surface area contributed by atoms with Crippen LogP contribution in [0, 0.1) is 0 Å². The maximum atomic E-state index is 3.64. The molecule has 0 aromatic heterocycles. The van der Waals surface area contributed by atoms with Crippen molar-refractivity contribution in [2.45, 2.75) is 13.0 Å². The third kappa shape index (κ3) is 2.78. The van der Waals surface area contributed by atoms with Gasteiger partial charge in [-0.05, 0) is 70.4 Å². The van der Waals surface area contributed by atoms with E-state index in [-0.39, 0.29) is 0 Å². The second-order valence-corrected chi connectivity index (χ2v) is 6.80. The van der Waals surface area contributed by atoms with E-state index in [1.165, 1.54) is 16.8 Å². The number of halogens is 2. The van der Waals surface area contributed by atoms with E-state index in [4.69, 9.17) is 0 Å². The van der Waals surface area contributed by atoms with Gasteiger partial charge in [0.1, 0.15) is 0 Å². The van der Waals surface area contributed by atoms with Crippen molar-refractivity contribution in [1.29, 1.82) is 0 Å². The lowest BCUT2D eigenvalue weighted by atomic mass is 10.00. The molecule has 0 fully saturated rings. The van der Waals surface area contributed by atoms with Crippen LogP contribution in [0.4, 0.5) is 11.4 Å². The van der Waals surface area contributed by atoms with Crippen molar-refractivity contribution in [2.75, 3.05) is 18.5 Å². The molecule has 2 aromatic carbocycles. The highest BCUT2D eigenvalue weighted by Crippen LogP contribution is 2.34. The summed E-state index contributed by atoms with van der Waals surface area (Å²) in [7, 11) is 2.10. The Morgan fingerprint density at radius 1 is 1.05 bits per heavy atom. The molecule has 2 nitrogen and oxygen atoms in total. The molecule has 3 rings (SSSR count). The van der Waals surface area contributed by atoms with Gasteiger partial charge in [-0.3, -0.25) is 0 Å². The first-order chi connectivity index (χ1) is 9.65. The van der Waals surface area contributed by atoms with Gasteiger partial charge >= 0.3 is 0 Å². The Kier molecular flexibility index (Phi) is 4.15. The molecule has 104 valence electrons. The van der Waals surface area contributed by atoms with Gasteiger partial charge in [0.15, 0.2) is 0 Å². The molecule has 2 aromatic rings. The highest BCUT2D eigenvalue weighted by molar-refractivity contribution is 9.11. The van der Waals surface area contributed by atoms with Crippen LogP contribution in [0.2, 0.25) is 0 Å². The van der Waals surface area contributed by atoms with Crippen LogP contribution in [0.15, 0.2) is 45.3 Å². The fourth-order valence-electron chi connectivity index (χ4n) is 2.57. The summed E-state index contributed by atoms with van der Waals surface area (Å²) in [4.78, 5) is 2.21. The average Bonchev–Trinajstić information content (AvgIpc) is 2.46. The van der Waals surface area contributed by atoms with Crippen molar-refractivity contribution in [2.24, 2.45) is 0 Å². The first-order valence-corrected chi connectivity index (χ1v) is 8.25. The number of fused-ring (bicyclic) bond motifs is 1. The predicted molar refractivity (Wildman–Crippen MR) is 91.8 cm³/mol. The van der Waals surface area contributed by atoms with E-state index in [0.717, 1.165) is 34.1 Å². The molecule has 0 atom stereocenters. The normalized spacial score (nSPS) is 13.9. The van der Waals surface area contributed by atoms with E-state index in [2.05, 4.69) is 85.5 Å². The summed E-state index contributed by atoms with van der Waals surface area (Å²) < 4.78 is 2.17. The van der Waals surface area contributed by atoms with E-state index in [1.54, 1.807) is 0 Å². The summed E-state index contributed by atoms with van der Waals surface area (Å²) >= 11 is 7.13. The third-order valence-electron chi connectivity index (χ3n) is 3.73. The SMILES string of the molecule is CN(c1ccc2c(c1)CNCC2)c1ccc(Br)cc1Br. The maximum Gasteiger partial charge on any atom is 0.0553 e. The van der Waals surface area contributed by atoms with Gasteiger partial charge in [0.25, 0.3) is 0 Å². The summed E-state index contributed by atoms with van der Waals surface area (Å²) in [5.74, 6) is 0. The van der Waals surface area contributed by atoms with Crippen LogP contribution in [0.3, 0.4) is 0 Å². The van der Waals surface area contributed by atoms with Gasteiger partial charge < -0.3 is 10.2 Å². The minimum absolute atomic E-state index is 0.971. The van der Waals surface area contributed by atoms with Crippen molar-refractivity contribution in [3.8, 4) is 0 Å². The number of benzene rings is 2. The molecule has 0 aliphatic carbocycles. The zero-order valence-electron chi connectivity index (χ0n) is 11.3. The van der Waals surface area contributed by atoms with Gasteiger partial charge in [-0.1, -0.05) is 22.0 Å². The van der Waals surface area contributed by atoms with Crippen LogP contribution >= 0.6 is 31.9 Å². The van der Waals surface area contributed by atoms with Crippen molar-refractivity contribution in [3.63, 3.8) is 0 Å². The molecule has 0 saturated heterocycles. The molecule has 0 radical (unpaired) electrons. The molecule has 0 spiro atoms. The maximum absolute atomic E-state index is 3.64. The zero-order valence-corrected chi connectivity index (χ0v) is 14.5. The monoisotopic (exact) mass is 394 g/mol. The highest BCUT2D eigenvalue weighted by atomic mass is 79.9. The van der Waals surface area contributed by atoms with Gasteiger partial charge in [0.2, 0.25) is 0 Å². The second-order valence-electron chi connectivity index (χ2n) is 5.03. The molecular weight excluding hydrogens is 380 g/mol. The number of rotatable bonds is 2. The molecule has 1 heterocycles. The van der Waals surface area contributed by atoms with Crippen LogP contribution < -0.4 is 10.2 Å². The van der Waals surface area contributed by atoms with Crippen molar-refractivity contribution < 1.29 is 0 Å². The fourth-order valence-corrected chi connectivity index (χ4v) is 3.88. The number of nitrogens with one attached hydrogen (secondary N) is 1. The standard InChI is InChI=1S/C16H16Br2N2/c1-20(16-5-3-13(17)9-15(16)18)14-4-2-11-6-7-19-10-12(11)8-14/h2-5,8-9,19H,6-7,10H2,1H3. The van der Waals surface area contributed by atoms with E-state index >= 15 is 0 Å². The van der Waals surface area contributed by atoms with E-state index in [0.29, 0.717) is 0 Å². The van der Waals surface area contributed by atoms with Crippen LogP contribution in [-0.4, -0.2) is 13.6 Å². The van der Waals surface area contributed by atoms with Crippen LogP contribution in [0.25, 0.3) is 0 Å². The van der Waals surface area contributed by atoms with Gasteiger partial charge in [0.05, 0.1) is 5.69 Å². The number of hydrogen-bond donors (Lipinski definition) is 1. The van der Waals surface area contributed by atoms with Crippen LogP contribution in [0.1, 0.15) is 11.1 Å². The molecule has 4 heteroatoms. The molecule has 20 heavy (non-hydrogen) atoms. The number of nitrogens with zero attached hydrogens (tertiary/aromatic N) is 1. The molecule has 0 bridgehead atoms. The van der Waals surface area contributed by atoms with E-state index in [1.807, 2.05) is 0 Å². The number of hydrogen-bond acceptors (Lipinski definition) is 2. The Balaban J connectivity index is 1.95. The molecule has 1 N–H and O–H groups in total. The summed E-state index contributed by atoms with van der Waals surface area (Å²) in [6, 6.07) is 13.0. The largest absolute Gasteiger partial charge is 0.344 e. The summed E-state index contributed by atoms with van der Waals surface area (Å²) in [5.41, 5.74) is 5.26. The zero-order chi connectivity index (χ0) is 14.1. The van der Waals surface area contributed by atoms with Crippen LogP contribution in [-0.2, 0) is 13.0 Å². The van der Waals surface area contributed by atoms with Crippen molar-refractivity contribution >= 4 is 43.2 Å². The fraction of sp³-hybridized carbons (Fsp3) is 0.250. The Morgan fingerprint density at radius 3 is 2.70 bits per heavy atom. The van der Waals surface area contributed by atoms with Crippen molar-refractivity contribution in [1.82, 2.24) is 5.32 Å². The van der Waals surface area contributed by atoms with E-state index in [9.17, 15) is 0 Å². The topological polar surface area (TPSA) is 15.3 Å². The van der Waals surface area contributed by atoms with Gasteiger partial charge in [-0.2, -0.15) is 0 Å². The summed E-state index contributed by atoms with van der Waals surface area (Å²) in [5, 5.41) is 3.43. The molecule has 0 unspecified atom stereocenters. The first kappa shape index (κ1) is 14.1. The lowest BCUT2D eigenvalue weighted by Gasteiger charge is -2.24. The summed E-state index contributed by atoms with van der Waals surface area (Å²) in [6.07, 6.45) is 1.13. The second kappa shape index (κ2) is 5.88. The first-order valence-electron chi connectivity index (χ1n) is 6.66. The Morgan fingerprint density at radius 2 is 1.90 bits per heavy atom. The molecule has 0 saturated carbocycles. The minimum atomic E-state index is 0.971. The van der Waals surface area contributed by atoms with Crippen molar-refractivity contribution in [3.05, 3.63) is 56.5 Å². The lowest BCUT2D eigenvalue weighted by Crippen LogP contribution is -2.24. The highest BCUT2D eigenvalue weighted by Gasteiger charge is 2.13. The van der Waals surface area contributed by atoms with Gasteiger partial charge in [-0.25, -0.2) is 0 Å². The average molecular weight is 396 g/mol. The molecule has 0 amide bonds. The predicted octanol–water partition coefficient (Wildman–Crippen LogP) is 4.63. The van der Waals surface area contributed by atoms with Crippen LogP contribution in [0.5, 0.6) is 0 Å². The molecule has 1 aliphatic heterocycles. The summed E-state index contributed by atoms with van der Waals surface area (Å²) in [6.45, 7) is 2.05. The molecule has 1 aliphatic rings. The Bertz CT molecular complexity index is 640. The molecular formula is C16H16Br2N2. The smallest absolute Gasteiger partial charge is 0.0553 e. The third-order valence-corrected chi connectivity index (χ3v) is 4.86. The lowest BCUT2D eigenvalue weighted by molar-refractivity contribution is 0.644. The Hall–Kier alpha value is -0.840. The van der Waals surface area contributed by atoms with E-state index < -0.39 is 0 Å². The number of anilines is 2. The Labute approximate surface area is 136 Å².